The van der Waals surface area contributed by atoms with Gasteiger partial charge in [0.1, 0.15) is 0 Å². The zero-order chi connectivity index (χ0) is 14.5. The quantitative estimate of drug-likeness (QED) is 0.851. The predicted molar refractivity (Wildman–Crippen MR) is 87.9 cm³/mol. The number of para-hydroxylation sites is 2. The molecule has 1 aromatic heterocycles. The number of nitrogens with one attached hydrogen (secondary N) is 1. The second-order valence-electron chi connectivity index (χ2n) is 5.44. The van der Waals surface area contributed by atoms with Gasteiger partial charge in [-0.3, -0.25) is 4.98 Å². The van der Waals surface area contributed by atoms with Gasteiger partial charge in [-0.1, -0.05) is 18.2 Å². The lowest BCUT2D eigenvalue weighted by Crippen LogP contribution is -2.42. The first-order chi connectivity index (χ1) is 10.3. The molecule has 0 unspecified atom stereocenters. The highest BCUT2D eigenvalue weighted by Gasteiger charge is 2.18. The predicted octanol–water partition coefficient (Wildman–Crippen LogP) is 2.13. The molecule has 1 aliphatic heterocycles. The minimum Gasteiger partial charge on any atom is -0.371 e. The molecule has 2 aromatic rings. The molecule has 0 atom stereocenters. The maximum Gasteiger partial charge on any atom is 0.0605 e. The largest absolute Gasteiger partial charge is 0.371 e. The minimum absolute atomic E-state index is 0.878. The molecule has 3 rings (SSSR count). The van der Waals surface area contributed by atoms with E-state index in [4.69, 9.17) is 0 Å². The lowest BCUT2D eigenvalue weighted by atomic mass is 10.2. The fourth-order valence-corrected chi connectivity index (χ4v) is 2.75. The van der Waals surface area contributed by atoms with Gasteiger partial charge in [0, 0.05) is 52.2 Å². The van der Waals surface area contributed by atoms with Gasteiger partial charge in [0.2, 0.25) is 0 Å². The first-order valence-corrected chi connectivity index (χ1v) is 7.49. The van der Waals surface area contributed by atoms with Crippen molar-refractivity contribution in [2.75, 3.05) is 43.0 Å². The summed E-state index contributed by atoms with van der Waals surface area (Å²) in [6, 6.07) is 12.7. The van der Waals surface area contributed by atoms with Crippen molar-refractivity contribution in [3.8, 4) is 0 Å². The van der Waals surface area contributed by atoms with Crippen molar-refractivity contribution >= 4 is 11.4 Å². The maximum absolute atomic E-state index is 4.14. The van der Waals surface area contributed by atoms with Crippen LogP contribution in [0.3, 0.4) is 0 Å². The smallest absolute Gasteiger partial charge is 0.0605 e. The highest BCUT2D eigenvalue weighted by molar-refractivity contribution is 5.73. The monoisotopic (exact) mass is 282 g/mol. The Morgan fingerprint density at radius 1 is 1.10 bits per heavy atom. The lowest BCUT2D eigenvalue weighted by Gasteiger charge is -2.37. The van der Waals surface area contributed by atoms with Crippen LogP contribution in [0.25, 0.3) is 0 Å². The van der Waals surface area contributed by atoms with Crippen molar-refractivity contribution < 1.29 is 0 Å². The molecule has 0 spiro atoms. The average Bonchev–Trinajstić information content (AvgIpc) is 2.55. The molecule has 0 fully saturated rings. The molecule has 1 N–H and O–H groups in total. The molecule has 21 heavy (non-hydrogen) atoms. The van der Waals surface area contributed by atoms with Crippen molar-refractivity contribution in [2.24, 2.45) is 0 Å². The number of nitrogens with zero attached hydrogens (tertiary/aromatic N) is 3. The third-order valence-electron chi connectivity index (χ3n) is 3.95. The highest BCUT2D eigenvalue weighted by atomic mass is 15.3. The van der Waals surface area contributed by atoms with E-state index in [1.165, 1.54) is 16.9 Å². The summed E-state index contributed by atoms with van der Waals surface area (Å²) in [5, 5.41) is 3.50. The van der Waals surface area contributed by atoms with Crippen LogP contribution in [0.4, 0.5) is 11.4 Å². The van der Waals surface area contributed by atoms with Gasteiger partial charge in [-0.15, -0.1) is 0 Å². The molecule has 1 aromatic carbocycles. The van der Waals surface area contributed by atoms with Crippen LogP contribution in [0.15, 0.2) is 48.8 Å². The molecular formula is C17H22N4. The van der Waals surface area contributed by atoms with Crippen molar-refractivity contribution in [3.05, 3.63) is 54.4 Å². The summed E-state index contributed by atoms with van der Waals surface area (Å²) in [5.41, 5.74) is 3.90. The SMILES string of the molecule is CN1CCN(CCNCc2cccnc2)c2ccccc21. The third kappa shape index (κ3) is 3.34. The fourth-order valence-electron chi connectivity index (χ4n) is 2.75. The van der Waals surface area contributed by atoms with Gasteiger partial charge in [0.25, 0.3) is 0 Å². The number of benzene rings is 1. The Hall–Kier alpha value is -2.07. The minimum atomic E-state index is 0.878. The molecule has 0 amide bonds. The molecule has 2 heterocycles. The van der Waals surface area contributed by atoms with E-state index in [9.17, 15) is 0 Å². The number of anilines is 2. The van der Waals surface area contributed by atoms with E-state index in [0.717, 1.165) is 32.7 Å². The van der Waals surface area contributed by atoms with Crippen LogP contribution in [-0.4, -0.2) is 38.2 Å². The van der Waals surface area contributed by atoms with E-state index in [-0.39, 0.29) is 0 Å². The van der Waals surface area contributed by atoms with Gasteiger partial charge >= 0.3 is 0 Å². The van der Waals surface area contributed by atoms with Crippen molar-refractivity contribution in [2.45, 2.75) is 6.54 Å². The Labute approximate surface area is 126 Å². The molecule has 0 saturated heterocycles. The first-order valence-electron chi connectivity index (χ1n) is 7.49. The molecule has 0 saturated carbocycles. The average molecular weight is 282 g/mol. The molecule has 0 aliphatic carbocycles. The Balaban J connectivity index is 1.53. The van der Waals surface area contributed by atoms with Gasteiger partial charge in [-0.25, -0.2) is 0 Å². The maximum atomic E-state index is 4.14. The number of rotatable bonds is 5. The Morgan fingerprint density at radius 2 is 1.95 bits per heavy atom. The Morgan fingerprint density at radius 3 is 2.76 bits per heavy atom. The van der Waals surface area contributed by atoms with Gasteiger partial charge in [-0.2, -0.15) is 0 Å². The second kappa shape index (κ2) is 6.59. The molecule has 1 aliphatic rings. The first kappa shape index (κ1) is 13.9. The van der Waals surface area contributed by atoms with Crippen LogP contribution in [0.2, 0.25) is 0 Å². The zero-order valence-electron chi connectivity index (χ0n) is 12.5. The van der Waals surface area contributed by atoms with Gasteiger partial charge in [0.05, 0.1) is 11.4 Å². The number of hydrogen-bond donors (Lipinski definition) is 1. The number of hydrogen-bond acceptors (Lipinski definition) is 4. The van der Waals surface area contributed by atoms with E-state index < -0.39 is 0 Å². The van der Waals surface area contributed by atoms with Crippen LogP contribution in [0, 0.1) is 0 Å². The Bertz CT molecular complexity index is 570. The number of aromatic nitrogens is 1. The van der Waals surface area contributed by atoms with Crippen LogP contribution in [0.1, 0.15) is 5.56 Å². The topological polar surface area (TPSA) is 31.4 Å². The Kier molecular flexibility index (Phi) is 4.36. The van der Waals surface area contributed by atoms with Crippen LogP contribution < -0.4 is 15.1 Å². The lowest BCUT2D eigenvalue weighted by molar-refractivity contribution is 0.646. The van der Waals surface area contributed by atoms with Crippen LogP contribution >= 0.6 is 0 Å². The van der Waals surface area contributed by atoms with Crippen molar-refractivity contribution in [1.29, 1.82) is 0 Å². The molecule has 0 radical (unpaired) electrons. The summed E-state index contributed by atoms with van der Waals surface area (Å²) < 4.78 is 0. The molecule has 4 nitrogen and oxygen atoms in total. The number of fused-ring (bicyclic) bond motifs is 1. The van der Waals surface area contributed by atoms with Crippen LogP contribution in [0.5, 0.6) is 0 Å². The summed E-state index contributed by atoms with van der Waals surface area (Å²) >= 11 is 0. The standard InChI is InChI=1S/C17H22N4/c1-20-11-12-21(17-7-3-2-6-16(17)20)10-9-19-14-15-5-4-8-18-13-15/h2-8,13,19H,9-12,14H2,1H3. The molecular weight excluding hydrogens is 260 g/mol. The van der Waals surface area contributed by atoms with E-state index in [1.807, 2.05) is 18.5 Å². The van der Waals surface area contributed by atoms with E-state index in [1.54, 1.807) is 0 Å². The van der Waals surface area contributed by atoms with Gasteiger partial charge in [0.15, 0.2) is 0 Å². The summed E-state index contributed by atoms with van der Waals surface area (Å²) in [4.78, 5) is 8.93. The summed E-state index contributed by atoms with van der Waals surface area (Å²) in [7, 11) is 2.16. The van der Waals surface area contributed by atoms with E-state index >= 15 is 0 Å². The number of pyridine rings is 1. The third-order valence-corrected chi connectivity index (χ3v) is 3.95. The summed E-state index contributed by atoms with van der Waals surface area (Å²) in [6.07, 6.45) is 3.73. The summed E-state index contributed by atoms with van der Waals surface area (Å²) in [5.74, 6) is 0. The van der Waals surface area contributed by atoms with Crippen molar-refractivity contribution in [3.63, 3.8) is 0 Å². The number of likely N-dealkylation sites (N-methyl/N-ethyl adjacent to an activating group) is 1. The van der Waals surface area contributed by atoms with Crippen molar-refractivity contribution in [1.82, 2.24) is 10.3 Å². The van der Waals surface area contributed by atoms with E-state index in [0.29, 0.717) is 0 Å². The van der Waals surface area contributed by atoms with Crippen LogP contribution in [-0.2, 0) is 6.54 Å². The second-order valence-corrected chi connectivity index (χ2v) is 5.44. The fraction of sp³-hybridized carbons (Fsp3) is 0.353. The molecule has 110 valence electrons. The zero-order valence-corrected chi connectivity index (χ0v) is 12.5. The highest BCUT2D eigenvalue weighted by Crippen LogP contribution is 2.31. The van der Waals surface area contributed by atoms with E-state index in [2.05, 4.69) is 57.5 Å². The normalized spacial score (nSPS) is 14.1. The molecule has 4 heteroatoms. The van der Waals surface area contributed by atoms with Gasteiger partial charge < -0.3 is 15.1 Å². The summed E-state index contributed by atoms with van der Waals surface area (Å²) in [6.45, 7) is 5.06. The van der Waals surface area contributed by atoms with Gasteiger partial charge in [-0.05, 0) is 23.8 Å². The molecule has 0 bridgehead atoms.